The molecule has 1 atom stereocenters. The van der Waals surface area contributed by atoms with E-state index in [1.54, 1.807) is 24.8 Å². The molecular formula is C11H16N2O4. The van der Waals surface area contributed by atoms with E-state index in [2.05, 4.69) is 5.32 Å². The van der Waals surface area contributed by atoms with Gasteiger partial charge in [-0.25, -0.2) is 4.79 Å². The Morgan fingerprint density at radius 1 is 1.59 bits per heavy atom. The number of esters is 1. The number of carbonyl (C=O) groups is 3. The van der Waals surface area contributed by atoms with Gasteiger partial charge in [0.1, 0.15) is 0 Å². The highest BCUT2D eigenvalue weighted by Crippen LogP contribution is 2.04. The normalized spacial score (nSPS) is 21.6. The van der Waals surface area contributed by atoms with E-state index in [-0.39, 0.29) is 24.4 Å². The topological polar surface area (TPSA) is 75.7 Å². The third-order valence-corrected chi connectivity index (χ3v) is 2.42. The van der Waals surface area contributed by atoms with Crippen LogP contribution in [0.2, 0.25) is 0 Å². The van der Waals surface area contributed by atoms with Crippen LogP contribution in [0.25, 0.3) is 0 Å². The van der Waals surface area contributed by atoms with Gasteiger partial charge in [0, 0.05) is 12.6 Å². The third kappa shape index (κ3) is 3.99. The summed E-state index contributed by atoms with van der Waals surface area (Å²) in [6, 6.07) is -0.375. The van der Waals surface area contributed by atoms with Gasteiger partial charge in [-0.1, -0.05) is 6.08 Å². The average Bonchev–Trinajstić information content (AvgIpc) is 2.25. The van der Waals surface area contributed by atoms with E-state index in [9.17, 15) is 14.4 Å². The molecule has 0 saturated carbocycles. The number of nitrogens with zero attached hydrogens (tertiary/aromatic N) is 1. The van der Waals surface area contributed by atoms with Gasteiger partial charge in [0.05, 0.1) is 19.2 Å². The van der Waals surface area contributed by atoms with Crippen LogP contribution in [-0.4, -0.2) is 48.4 Å². The van der Waals surface area contributed by atoms with Crippen LogP contribution in [0.15, 0.2) is 12.2 Å². The number of carbonyl (C=O) groups excluding carboxylic acids is 3. The lowest BCUT2D eigenvalue weighted by Crippen LogP contribution is -2.56. The van der Waals surface area contributed by atoms with Crippen LogP contribution in [0.1, 0.15) is 13.8 Å². The molecule has 0 radical (unpaired) electrons. The monoisotopic (exact) mass is 240 g/mol. The standard InChI is InChI=1S/C11H16N2O4/c1-3-17-10(15)5-4-6-13-7-9(14)12-11(16)8(13)2/h4-5,8H,3,6-7H2,1-2H3,(H,12,14,16)/b5-4+. The van der Waals surface area contributed by atoms with Gasteiger partial charge in [-0.2, -0.15) is 0 Å². The van der Waals surface area contributed by atoms with Crippen LogP contribution in [0.5, 0.6) is 0 Å². The number of amides is 2. The average molecular weight is 240 g/mol. The van der Waals surface area contributed by atoms with Crippen molar-refractivity contribution >= 4 is 17.8 Å². The zero-order chi connectivity index (χ0) is 12.8. The quantitative estimate of drug-likeness (QED) is 0.405. The zero-order valence-corrected chi connectivity index (χ0v) is 9.93. The van der Waals surface area contributed by atoms with Crippen LogP contribution in [0, 0.1) is 0 Å². The minimum Gasteiger partial charge on any atom is -0.463 e. The fourth-order valence-electron chi connectivity index (χ4n) is 1.47. The van der Waals surface area contributed by atoms with Gasteiger partial charge in [-0.3, -0.25) is 19.8 Å². The molecule has 17 heavy (non-hydrogen) atoms. The van der Waals surface area contributed by atoms with Crippen LogP contribution in [-0.2, 0) is 19.1 Å². The summed E-state index contributed by atoms with van der Waals surface area (Å²) in [4.78, 5) is 35.2. The van der Waals surface area contributed by atoms with E-state index in [0.29, 0.717) is 13.2 Å². The lowest BCUT2D eigenvalue weighted by atomic mass is 10.2. The van der Waals surface area contributed by atoms with Gasteiger partial charge >= 0.3 is 5.97 Å². The predicted molar refractivity (Wildman–Crippen MR) is 60.0 cm³/mol. The summed E-state index contributed by atoms with van der Waals surface area (Å²) in [6.45, 7) is 4.27. The zero-order valence-electron chi connectivity index (χ0n) is 9.93. The number of hydrogen-bond donors (Lipinski definition) is 1. The van der Waals surface area contributed by atoms with Gasteiger partial charge in [0.2, 0.25) is 11.8 Å². The molecule has 2 amide bonds. The Morgan fingerprint density at radius 2 is 2.29 bits per heavy atom. The molecule has 1 aliphatic heterocycles. The summed E-state index contributed by atoms with van der Waals surface area (Å²) < 4.78 is 4.71. The minimum atomic E-state index is -0.423. The van der Waals surface area contributed by atoms with E-state index >= 15 is 0 Å². The first-order valence-corrected chi connectivity index (χ1v) is 5.45. The molecule has 94 valence electrons. The van der Waals surface area contributed by atoms with Gasteiger partial charge in [0.25, 0.3) is 0 Å². The number of imide groups is 1. The molecule has 1 fully saturated rings. The molecular weight excluding hydrogens is 224 g/mol. The molecule has 1 aliphatic rings. The molecule has 0 aromatic carbocycles. The van der Waals surface area contributed by atoms with Crippen molar-refractivity contribution < 1.29 is 19.1 Å². The van der Waals surface area contributed by atoms with Crippen molar-refractivity contribution in [1.29, 1.82) is 0 Å². The van der Waals surface area contributed by atoms with Crippen molar-refractivity contribution in [2.24, 2.45) is 0 Å². The Labute approximate surface area is 99.6 Å². The highest BCUT2D eigenvalue weighted by molar-refractivity contribution is 6.00. The van der Waals surface area contributed by atoms with Crippen molar-refractivity contribution in [2.75, 3.05) is 19.7 Å². The van der Waals surface area contributed by atoms with Gasteiger partial charge in [-0.05, 0) is 13.8 Å². The predicted octanol–water partition coefficient (Wildman–Crippen LogP) is -0.547. The lowest BCUT2D eigenvalue weighted by molar-refractivity contribution is -0.139. The Hall–Kier alpha value is -1.69. The Kier molecular flexibility index (Phi) is 4.84. The molecule has 6 nitrogen and oxygen atoms in total. The van der Waals surface area contributed by atoms with E-state index in [0.717, 1.165) is 0 Å². The molecule has 6 heteroatoms. The molecule has 0 spiro atoms. The fourth-order valence-corrected chi connectivity index (χ4v) is 1.47. The highest BCUT2D eigenvalue weighted by atomic mass is 16.5. The number of rotatable bonds is 4. The van der Waals surface area contributed by atoms with Crippen molar-refractivity contribution in [2.45, 2.75) is 19.9 Å². The number of hydrogen-bond acceptors (Lipinski definition) is 5. The van der Waals surface area contributed by atoms with Crippen LogP contribution in [0.4, 0.5) is 0 Å². The number of ether oxygens (including phenoxy) is 1. The number of nitrogens with one attached hydrogen (secondary N) is 1. The van der Waals surface area contributed by atoms with Crippen LogP contribution >= 0.6 is 0 Å². The second-order valence-corrected chi connectivity index (χ2v) is 3.67. The van der Waals surface area contributed by atoms with Crippen molar-refractivity contribution in [1.82, 2.24) is 10.2 Å². The first-order valence-electron chi connectivity index (χ1n) is 5.45. The SMILES string of the molecule is CCOC(=O)/C=C/CN1CC(=O)NC(=O)C1C. The van der Waals surface area contributed by atoms with E-state index in [1.165, 1.54) is 6.08 Å². The van der Waals surface area contributed by atoms with Crippen LogP contribution in [0.3, 0.4) is 0 Å². The molecule has 1 N–H and O–H groups in total. The first-order chi connectivity index (χ1) is 8.04. The first kappa shape index (κ1) is 13.4. The van der Waals surface area contributed by atoms with E-state index in [4.69, 9.17) is 4.74 Å². The smallest absolute Gasteiger partial charge is 0.330 e. The summed E-state index contributed by atoms with van der Waals surface area (Å²) in [6.07, 6.45) is 2.88. The molecule has 0 aliphatic carbocycles. The summed E-state index contributed by atoms with van der Waals surface area (Å²) in [7, 11) is 0. The fraction of sp³-hybridized carbons (Fsp3) is 0.545. The lowest BCUT2D eigenvalue weighted by Gasteiger charge is -2.30. The summed E-state index contributed by atoms with van der Waals surface area (Å²) in [5.41, 5.74) is 0. The second-order valence-electron chi connectivity index (χ2n) is 3.67. The maximum absolute atomic E-state index is 11.3. The van der Waals surface area contributed by atoms with Gasteiger partial charge in [0.15, 0.2) is 0 Å². The molecule has 1 saturated heterocycles. The van der Waals surface area contributed by atoms with Gasteiger partial charge < -0.3 is 4.74 Å². The summed E-state index contributed by atoms with van der Waals surface area (Å²) in [5, 5.41) is 2.24. The minimum absolute atomic E-state index is 0.153. The van der Waals surface area contributed by atoms with E-state index in [1.807, 2.05) is 0 Å². The molecule has 0 bridgehead atoms. The largest absolute Gasteiger partial charge is 0.463 e. The Morgan fingerprint density at radius 3 is 2.94 bits per heavy atom. The van der Waals surface area contributed by atoms with Crippen molar-refractivity contribution in [3.8, 4) is 0 Å². The van der Waals surface area contributed by atoms with Crippen molar-refractivity contribution in [3.05, 3.63) is 12.2 Å². The van der Waals surface area contributed by atoms with Gasteiger partial charge in [-0.15, -0.1) is 0 Å². The molecule has 1 unspecified atom stereocenters. The van der Waals surface area contributed by atoms with E-state index < -0.39 is 5.97 Å². The maximum Gasteiger partial charge on any atom is 0.330 e. The highest BCUT2D eigenvalue weighted by Gasteiger charge is 2.29. The third-order valence-electron chi connectivity index (χ3n) is 2.42. The summed E-state index contributed by atoms with van der Waals surface area (Å²) >= 11 is 0. The second kappa shape index (κ2) is 6.15. The Balaban J connectivity index is 2.47. The molecule has 1 heterocycles. The Bertz CT molecular complexity index is 351. The van der Waals surface area contributed by atoms with Crippen molar-refractivity contribution in [3.63, 3.8) is 0 Å². The number of piperazine rings is 1. The molecule has 0 aromatic rings. The maximum atomic E-state index is 11.3. The molecule has 1 rings (SSSR count). The van der Waals surface area contributed by atoms with Crippen LogP contribution < -0.4 is 5.32 Å². The molecule has 0 aromatic heterocycles. The summed E-state index contributed by atoms with van der Waals surface area (Å²) in [5.74, 6) is -1.06.